The summed E-state index contributed by atoms with van der Waals surface area (Å²) >= 11 is 5.94. The van der Waals surface area contributed by atoms with Crippen LogP contribution in [0.15, 0.2) is 59.7 Å². The zero-order chi connectivity index (χ0) is 30.2. The average molecular weight is 605 g/mol. The van der Waals surface area contributed by atoms with Crippen molar-refractivity contribution in [3.63, 3.8) is 0 Å². The molecule has 15 heteroatoms. The zero-order valence-corrected chi connectivity index (χ0v) is 23.5. The topological polar surface area (TPSA) is 123 Å². The van der Waals surface area contributed by atoms with Gasteiger partial charge in [0, 0.05) is 35.8 Å². The fourth-order valence-electron chi connectivity index (χ4n) is 4.76. The van der Waals surface area contributed by atoms with Crippen molar-refractivity contribution in [3.05, 3.63) is 81.8 Å². The lowest BCUT2D eigenvalue weighted by Crippen LogP contribution is -2.58. The highest BCUT2D eigenvalue weighted by atomic mass is 35.5. The predicted molar refractivity (Wildman–Crippen MR) is 147 cm³/mol. The van der Waals surface area contributed by atoms with E-state index in [0.717, 1.165) is 9.25 Å². The second kappa shape index (κ2) is 11.3. The number of benzene rings is 2. The minimum atomic E-state index is -4.94. The number of rotatable bonds is 7. The van der Waals surface area contributed by atoms with Crippen LogP contribution >= 0.6 is 11.6 Å². The number of aliphatic hydroxyl groups excluding tert-OH is 1. The SMILES string of the molecule is CC1(C)CN(C(=O)c2ccccc2-n2cnc(Cn3nc(-c4ccc(Cl)cc4)n(C[C@H](O)C(F)(F)F)c3=O)n2)CCN1. The maximum atomic E-state index is 13.4. The first-order chi connectivity index (χ1) is 19.8. The third-order valence-electron chi connectivity index (χ3n) is 6.83. The van der Waals surface area contributed by atoms with E-state index in [1.54, 1.807) is 29.2 Å². The van der Waals surface area contributed by atoms with Gasteiger partial charge in [-0.15, -0.1) is 10.2 Å². The number of nitrogens with zero attached hydrogens (tertiary/aromatic N) is 7. The molecule has 0 radical (unpaired) electrons. The monoisotopic (exact) mass is 604 g/mol. The lowest BCUT2D eigenvalue weighted by molar-refractivity contribution is -0.207. The number of carbonyl (C=O) groups excluding carboxylic acids is 1. The van der Waals surface area contributed by atoms with Gasteiger partial charge in [0.05, 0.1) is 17.8 Å². The van der Waals surface area contributed by atoms with Gasteiger partial charge in [-0.1, -0.05) is 23.7 Å². The fourth-order valence-corrected chi connectivity index (χ4v) is 4.88. The van der Waals surface area contributed by atoms with Crippen LogP contribution in [0.3, 0.4) is 0 Å². The maximum Gasteiger partial charge on any atom is 0.416 e. The zero-order valence-electron chi connectivity index (χ0n) is 22.7. The number of alkyl halides is 3. The highest BCUT2D eigenvalue weighted by Crippen LogP contribution is 2.24. The lowest BCUT2D eigenvalue weighted by atomic mass is 10.0. The Bertz CT molecular complexity index is 1650. The molecule has 0 unspecified atom stereocenters. The summed E-state index contributed by atoms with van der Waals surface area (Å²) in [7, 11) is 0. The Hall–Kier alpha value is -4.01. The number of nitrogens with one attached hydrogen (secondary N) is 1. The molecule has 2 aromatic heterocycles. The highest BCUT2D eigenvalue weighted by Gasteiger charge is 2.39. The number of hydrogen-bond acceptors (Lipinski definition) is 7. The first-order valence-electron chi connectivity index (χ1n) is 13.0. The maximum absolute atomic E-state index is 13.4. The number of halogens is 4. The molecular formula is C27H28ClF3N8O3. The van der Waals surface area contributed by atoms with Gasteiger partial charge in [0.25, 0.3) is 5.91 Å². The molecule has 5 rings (SSSR count). The van der Waals surface area contributed by atoms with E-state index in [9.17, 15) is 27.9 Å². The summed E-state index contributed by atoms with van der Waals surface area (Å²) in [5.74, 6) is -0.122. The third kappa shape index (κ3) is 6.25. The summed E-state index contributed by atoms with van der Waals surface area (Å²) in [5, 5.41) is 22.1. The summed E-state index contributed by atoms with van der Waals surface area (Å²) in [6.07, 6.45) is -6.34. The summed E-state index contributed by atoms with van der Waals surface area (Å²) in [5.41, 5.74) is 0.0917. The van der Waals surface area contributed by atoms with Crippen LogP contribution < -0.4 is 11.0 Å². The number of para-hydroxylation sites is 1. The molecule has 1 amide bonds. The van der Waals surface area contributed by atoms with Crippen molar-refractivity contribution < 1.29 is 23.1 Å². The molecule has 1 atom stereocenters. The van der Waals surface area contributed by atoms with E-state index in [0.29, 0.717) is 41.5 Å². The van der Waals surface area contributed by atoms with E-state index < -0.39 is 24.5 Å². The molecule has 4 aromatic rings. The molecule has 2 aromatic carbocycles. The van der Waals surface area contributed by atoms with Gasteiger partial charge in [-0.2, -0.15) is 13.2 Å². The Morgan fingerprint density at radius 2 is 1.86 bits per heavy atom. The van der Waals surface area contributed by atoms with Crippen LogP contribution in [0, 0.1) is 0 Å². The van der Waals surface area contributed by atoms with Crippen LogP contribution in [-0.2, 0) is 13.1 Å². The van der Waals surface area contributed by atoms with Crippen LogP contribution in [-0.4, -0.2) is 82.5 Å². The number of aromatic nitrogens is 6. The van der Waals surface area contributed by atoms with E-state index in [4.69, 9.17) is 11.6 Å². The van der Waals surface area contributed by atoms with Crippen molar-refractivity contribution in [2.24, 2.45) is 0 Å². The summed E-state index contributed by atoms with van der Waals surface area (Å²) in [6, 6.07) is 13.0. The number of piperazine rings is 1. The molecular weight excluding hydrogens is 577 g/mol. The molecule has 0 saturated carbocycles. The molecule has 3 heterocycles. The van der Waals surface area contributed by atoms with Gasteiger partial charge in [0.1, 0.15) is 12.9 Å². The fraction of sp³-hybridized carbons (Fsp3) is 0.370. The Kier molecular flexibility index (Phi) is 7.96. The van der Waals surface area contributed by atoms with Crippen LogP contribution in [0.1, 0.15) is 30.0 Å². The molecule has 1 aliphatic heterocycles. The molecule has 0 spiro atoms. The second-order valence-corrected chi connectivity index (χ2v) is 11.0. The van der Waals surface area contributed by atoms with Gasteiger partial charge in [-0.3, -0.25) is 9.36 Å². The standard InChI is InChI=1S/C27H28ClF3N8O3/c1-26(2)15-36(12-11-33-26)24(41)19-5-3-4-6-20(19)39-16-32-22(34-39)14-38-25(42)37(13-21(40)27(29,30)31)23(35-38)17-7-9-18(28)10-8-17/h3-10,16,21,33,40H,11-15H2,1-2H3/t21-/m0/s1. The summed E-state index contributed by atoms with van der Waals surface area (Å²) < 4.78 is 42.5. The average Bonchev–Trinajstić information content (AvgIpc) is 3.52. The van der Waals surface area contributed by atoms with Crippen molar-refractivity contribution >= 4 is 17.5 Å². The Morgan fingerprint density at radius 1 is 1.14 bits per heavy atom. The predicted octanol–water partition coefficient (Wildman–Crippen LogP) is 2.74. The van der Waals surface area contributed by atoms with Gasteiger partial charge >= 0.3 is 11.9 Å². The van der Waals surface area contributed by atoms with Gasteiger partial charge in [0.2, 0.25) is 0 Å². The second-order valence-electron chi connectivity index (χ2n) is 10.6. The number of aliphatic hydroxyl groups is 1. The van der Waals surface area contributed by atoms with Crippen LogP contribution in [0.5, 0.6) is 0 Å². The largest absolute Gasteiger partial charge is 0.416 e. The first kappa shape index (κ1) is 29.5. The minimum absolute atomic E-state index is 0.0886. The van der Waals surface area contributed by atoms with Crippen molar-refractivity contribution in [2.45, 2.75) is 44.8 Å². The Morgan fingerprint density at radius 3 is 2.55 bits per heavy atom. The van der Waals surface area contributed by atoms with E-state index in [-0.39, 0.29) is 29.6 Å². The molecule has 222 valence electrons. The van der Waals surface area contributed by atoms with Crippen molar-refractivity contribution in [1.82, 2.24) is 39.3 Å². The lowest BCUT2D eigenvalue weighted by Gasteiger charge is -2.39. The van der Waals surface area contributed by atoms with Gasteiger partial charge < -0.3 is 15.3 Å². The van der Waals surface area contributed by atoms with Gasteiger partial charge in [-0.25, -0.2) is 19.1 Å². The van der Waals surface area contributed by atoms with Gasteiger partial charge in [0.15, 0.2) is 17.8 Å². The number of amides is 1. The number of carbonyl (C=O) groups is 1. The molecule has 2 N–H and O–H groups in total. The van der Waals surface area contributed by atoms with E-state index in [1.807, 2.05) is 13.8 Å². The smallest absolute Gasteiger partial charge is 0.382 e. The Labute approximate surface area is 243 Å². The van der Waals surface area contributed by atoms with E-state index in [2.05, 4.69) is 20.5 Å². The van der Waals surface area contributed by atoms with E-state index in [1.165, 1.54) is 35.3 Å². The normalized spacial score (nSPS) is 16.0. The third-order valence-corrected chi connectivity index (χ3v) is 7.08. The quantitative estimate of drug-likeness (QED) is 0.333. The molecule has 1 fully saturated rings. The minimum Gasteiger partial charge on any atom is -0.382 e. The van der Waals surface area contributed by atoms with Crippen LogP contribution in [0.25, 0.3) is 17.1 Å². The van der Waals surface area contributed by atoms with Crippen LogP contribution in [0.2, 0.25) is 5.02 Å². The number of hydrogen-bond donors (Lipinski definition) is 2. The molecule has 11 nitrogen and oxygen atoms in total. The molecule has 1 saturated heterocycles. The summed E-state index contributed by atoms with van der Waals surface area (Å²) in [6.45, 7) is 4.44. The van der Waals surface area contributed by atoms with E-state index >= 15 is 0 Å². The van der Waals surface area contributed by atoms with Gasteiger partial charge in [-0.05, 0) is 50.2 Å². The Balaban J connectivity index is 1.45. The summed E-state index contributed by atoms with van der Waals surface area (Å²) in [4.78, 5) is 32.7. The molecule has 42 heavy (non-hydrogen) atoms. The van der Waals surface area contributed by atoms with Crippen LogP contribution in [0.4, 0.5) is 13.2 Å². The van der Waals surface area contributed by atoms with Crippen molar-refractivity contribution in [1.29, 1.82) is 0 Å². The molecule has 0 aliphatic carbocycles. The van der Waals surface area contributed by atoms with Crippen molar-refractivity contribution in [2.75, 3.05) is 19.6 Å². The van der Waals surface area contributed by atoms with Crippen molar-refractivity contribution in [3.8, 4) is 17.1 Å². The highest BCUT2D eigenvalue weighted by molar-refractivity contribution is 6.30. The first-order valence-corrected chi connectivity index (χ1v) is 13.4. The molecule has 1 aliphatic rings. The molecule has 0 bridgehead atoms.